The summed E-state index contributed by atoms with van der Waals surface area (Å²) in [4.78, 5) is 20.2. The highest BCUT2D eigenvalue weighted by Crippen LogP contribution is 2.32. The van der Waals surface area contributed by atoms with Crippen molar-refractivity contribution in [3.63, 3.8) is 0 Å². The van der Waals surface area contributed by atoms with Crippen molar-refractivity contribution in [2.24, 2.45) is 0 Å². The minimum atomic E-state index is -4.68. The number of benzene rings is 2. The van der Waals surface area contributed by atoms with Crippen LogP contribution in [0.4, 0.5) is 39.1 Å². The van der Waals surface area contributed by atoms with Crippen molar-refractivity contribution in [3.8, 4) is 0 Å². The van der Waals surface area contributed by atoms with Crippen molar-refractivity contribution < 1.29 is 35.2 Å². The van der Waals surface area contributed by atoms with Gasteiger partial charge in [-0.25, -0.2) is 22.2 Å². The number of amides is 1. The van der Waals surface area contributed by atoms with Crippen molar-refractivity contribution >= 4 is 33.1 Å². The third-order valence-electron chi connectivity index (χ3n) is 6.65. The number of piperazine rings is 1. The van der Waals surface area contributed by atoms with Crippen LogP contribution in [0.3, 0.4) is 0 Å². The number of nitrogens with zero attached hydrogens (tertiary/aromatic N) is 3. The number of pyridine rings is 1. The van der Waals surface area contributed by atoms with Gasteiger partial charge in [0.25, 0.3) is 0 Å². The monoisotopic (exact) mass is 597 g/mol. The number of rotatable bonds is 8. The second-order valence-electron chi connectivity index (χ2n) is 9.66. The minimum Gasteiger partial charge on any atom is -0.366 e. The molecule has 1 atom stereocenters. The number of nitrogens with one attached hydrogen (secondary N) is 2. The summed E-state index contributed by atoms with van der Waals surface area (Å²) in [6.07, 6.45) is -3.80. The molecule has 0 aliphatic carbocycles. The van der Waals surface area contributed by atoms with Gasteiger partial charge in [-0.3, -0.25) is 9.52 Å². The fourth-order valence-electron chi connectivity index (χ4n) is 4.48. The summed E-state index contributed by atoms with van der Waals surface area (Å²) < 4.78 is 93.9. The number of halogens is 5. The van der Waals surface area contributed by atoms with Crippen LogP contribution in [0.15, 0.2) is 54.6 Å². The number of carbonyl (C=O) groups is 1. The van der Waals surface area contributed by atoms with Crippen molar-refractivity contribution in [3.05, 3.63) is 83.1 Å². The van der Waals surface area contributed by atoms with E-state index in [1.165, 1.54) is 31.2 Å². The summed E-state index contributed by atoms with van der Waals surface area (Å²) in [6.45, 7) is 2.60. The predicted octanol–water partition coefficient (Wildman–Crippen LogP) is 4.50. The number of anilines is 3. The van der Waals surface area contributed by atoms with E-state index in [4.69, 9.17) is 0 Å². The summed E-state index contributed by atoms with van der Waals surface area (Å²) >= 11 is 0. The quantitative estimate of drug-likeness (QED) is 0.372. The predicted molar refractivity (Wildman–Crippen MR) is 145 cm³/mol. The van der Waals surface area contributed by atoms with Gasteiger partial charge in [-0.1, -0.05) is 24.3 Å². The van der Waals surface area contributed by atoms with Crippen LogP contribution in [-0.4, -0.2) is 51.7 Å². The molecule has 1 aliphatic rings. The van der Waals surface area contributed by atoms with Crippen LogP contribution < -0.4 is 19.8 Å². The van der Waals surface area contributed by atoms with E-state index in [9.17, 15) is 35.2 Å². The van der Waals surface area contributed by atoms with Gasteiger partial charge < -0.3 is 15.1 Å². The highest BCUT2D eigenvalue weighted by molar-refractivity contribution is 7.92. The fourth-order valence-corrected chi connectivity index (χ4v) is 5.05. The van der Waals surface area contributed by atoms with Gasteiger partial charge in [0.05, 0.1) is 23.5 Å². The van der Waals surface area contributed by atoms with E-state index < -0.39 is 45.4 Å². The molecule has 4 rings (SSSR count). The van der Waals surface area contributed by atoms with E-state index in [1.54, 1.807) is 28.0 Å². The largest absolute Gasteiger partial charge is 0.433 e. The SMILES string of the molecule is C[C@H](C(=O)NCc1ccc(C(F)(F)F)nc1N1CCN(c2ccccc2F)CC1)c1ccc(NS(C)(=O)=O)c(F)c1. The van der Waals surface area contributed by atoms with Crippen molar-refractivity contribution in [1.29, 1.82) is 0 Å². The number of alkyl halides is 3. The summed E-state index contributed by atoms with van der Waals surface area (Å²) in [5.41, 5.74) is -0.321. The van der Waals surface area contributed by atoms with Crippen LogP contribution >= 0.6 is 0 Å². The standard InChI is InChI=1S/C27H28F5N5O3S/c1-17(18-7-9-22(21(29)15-18)35-41(2,39)40)26(38)33-16-19-8-10-24(27(30,31)32)34-25(19)37-13-11-36(12-14-37)23-6-4-3-5-20(23)28/h3-10,15,17,35H,11-14,16H2,1-2H3,(H,33,38)/t17-/m0/s1. The molecular weight excluding hydrogens is 569 g/mol. The molecule has 14 heteroatoms. The van der Waals surface area contributed by atoms with Crippen LogP contribution in [0.5, 0.6) is 0 Å². The number of aromatic nitrogens is 1. The van der Waals surface area contributed by atoms with E-state index in [-0.39, 0.29) is 36.7 Å². The second-order valence-corrected chi connectivity index (χ2v) is 11.4. The van der Waals surface area contributed by atoms with E-state index >= 15 is 0 Å². The molecule has 2 aromatic carbocycles. The zero-order valence-corrected chi connectivity index (χ0v) is 23.0. The summed E-state index contributed by atoms with van der Waals surface area (Å²) in [6, 6.07) is 12.0. The number of hydrogen-bond acceptors (Lipinski definition) is 6. The summed E-state index contributed by atoms with van der Waals surface area (Å²) in [5.74, 6) is -2.58. The summed E-state index contributed by atoms with van der Waals surface area (Å²) in [5, 5.41) is 2.67. The number of hydrogen-bond donors (Lipinski definition) is 2. The number of sulfonamides is 1. The zero-order valence-electron chi connectivity index (χ0n) is 22.2. The Morgan fingerprint density at radius 1 is 0.976 bits per heavy atom. The van der Waals surface area contributed by atoms with E-state index in [0.29, 0.717) is 24.3 Å². The van der Waals surface area contributed by atoms with Crippen LogP contribution in [0.2, 0.25) is 0 Å². The van der Waals surface area contributed by atoms with Crippen molar-refractivity contribution in [1.82, 2.24) is 10.3 Å². The van der Waals surface area contributed by atoms with E-state index in [0.717, 1.165) is 18.4 Å². The molecule has 220 valence electrons. The number of para-hydroxylation sites is 1. The zero-order chi connectivity index (χ0) is 29.9. The molecule has 0 radical (unpaired) electrons. The maximum atomic E-state index is 14.4. The Bertz CT molecular complexity index is 1530. The van der Waals surface area contributed by atoms with Crippen molar-refractivity contribution in [2.75, 3.05) is 47.0 Å². The molecule has 8 nitrogen and oxygen atoms in total. The first-order valence-corrected chi connectivity index (χ1v) is 14.5. The third kappa shape index (κ3) is 7.43. The highest BCUT2D eigenvalue weighted by Gasteiger charge is 2.34. The van der Waals surface area contributed by atoms with Gasteiger partial charge in [-0.2, -0.15) is 13.2 Å². The average molecular weight is 598 g/mol. The van der Waals surface area contributed by atoms with Gasteiger partial charge in [0.2, 0.25) is 15.9 Å². The lowest BCUT2D eigenvalue weighted by Gasteiger charge is -2.37. The van der Waals surface area contributed by atoms with E-state index in [1.807, 2.05) is 4.72 Å². The maximum absolute atomic E-state index is 14.4. The highest BCUT2D eigenvalue weighted by atomic mass is 32.2. The minimum absolute atomic E-state index is 0.0585. The molecule has 2 heterocycles. The smallest absolute Gasteiger partial charge is 0.366 e. The van der Waals surface area contributed by atoms with Gasteiger partial charge in [-0.15, -0.1) is 0 Å². The Balaban J connectivity index is 1.49. The topological polar surface area (TPSA) is 94.6 Å². The lowest BCUT2D eigenvalue weighted by molar-refractivity contribution is -0.141. The second kappa shape index (κ2) is 11.9. The molecule has 1 aromatic heterocycles. The van der Waals surface area contributed by atoms with Gasteiger partial charge >= 0.3 is 6.18 Å². The molecule has 0 bridgehead atoms. The van der Waals surface area contributed by atoms with Crippen molar-refractivity contribution in [2.45, 2.75) is 25.6 Å². The third-order valence-corrected chi connectivity index (χ3v) is 7.24. The lowest BCUT2D eigenvalue weighted by Crippen LogP contribution is -2.47. The van der Waals surface area contributed by atoms with Crippen LogP contribution in [0.1, 0.15) is 29.7 Å². The Kier molecular flexibility index (Phi) is 8.71. The van der Waals surface area contributed by atoms with Gasteiger partial charge in [-0.05, 0) is 42.8 Å². The molecule has 0 unspecified atom stereocenters. The lowest BCUT2D eigenvalue weighted by atomic mass is 9.99. The summed E-state index contributed by atoms with van der Waals surface area (Å²) in [7, 11) is -3.70. The first-order chi connectivity index (χ1) is 19.2. The van der Waals surface area contributed by atoms with Gasteiger partial charge in [0.1, 0.15) is 23.1 Å². The Morgan fingerprint density at radius 3 is 2.24 bits per heavy atom. The average Bonchev–Trinajstić information content (AvgIpc) is 2.91. The molecule has 1 fully saturated rings. The molecule has 0 saturated carbocycles. The maximum Gasteiger partial charge on any atom is 0.433 e. The Hall–Kier alpha value is -3.94. The van der Waals surface area contributed by atoms with Crippen LogP contribution in [0.25, 0.3) is 0 Å². The van der Waals surface area contributed by atoms with E-state index in [2.05, 4.69) is 10.3 Å². The number of carbonyl (C=O) groups excluding carboxylic acids is 1. The fraction of sp³-hybridized carbons (Fsp3) is 0.333. The molecule has 2 N–H and O–H groups in total. The molecule has 41 heavy (non-hydrogen) atoms. The molecule has 1 saturated heterocycles. The Labute approximate surface area is 234 Å². The first-order valence-electron chi connectivity index (χ1n) is 12.6. The van der Waals surface area contributed by atoms with Crippen LogP contribution in [-0.2, 0) is 27.5 Å². The molecule has 1 aliphatic heterocycles. The first kappa shape index (κ1) is 30.0. The van der Waals surface area contributed by atoms with Gasteiger partial charge in [0.15, 0.2) is 0 Å². The Morgan fingerprint density at radius 2 is 1.63 bits per heavy atom. The van der Waals surface area contributed by atoms with Gasteiger partial charge in [0, 0.05) is 38.3 Å². The normalized spacial score (nSPS) is 15.0. The molecular formula is C27H28F5N5O3S. The molecule has 3 aromatic rings. The molecule has 1 amide bonds. The van der Waals surface area contributed by atoms with Crippen LogP contribution in [0, 0.1) is 11.6 Å². The molecule has 0 spiro atoms.